The van der Waals surface area contributed by atoms with Crippen LogP contribution in [0.15, 0.2) is 15.6 Å². The van der Waals surface area contributed by atoms with Gasteiger partial charge in [-0.15, -0.1) is 24.0 Å². The first-order chi connectivity index (χ1) is 13.2. The molecule has 2 aliphatic rings. The summed E-state index contributed by atoms with van der Waals surface area (Å²) in [6.45, 7) is 8.34. The highest BCUT2D eigenvalue weighted by molar-refractivity contribution is 14.0. The molecule has 160 valence electrons. The Bertz CT molecular complexity index is 594. The van der Waals surface area contributed by atoms with Gasteiger partial charge in [0.15, 0.2) is 11.7 Å². The number of aliphatic imine (C=N–C) groups is 1. The van der Waals surface area contributed by atoms with Gasteiger partial charge in [0.25, 0.3) is 0 Å². The number of guanidine groups is 1. The molecule has 1 aromatic rings. The molecule has 2 aliphatic heterocycles. The lowest BCUT2D eigenvalue weighted by Crippen LogP contribution is -2.47. The van der Waals surface area contributed by atoms with Gasteiger partial charge in [0, 0.05) is 32.8 Å². The fourth-order valence-electron chi connectivity index (χ4n) is 3.60. The molecule has 0 spiro atoms. The first-order valence-electron chi connectivity index (χ1n) is 10.3. The van der Waals surface area contributed by atoms with Crippen LogP contribution in [0.3, 0.4) is 0 Å². The molecule has 0 saturated carbocycles. The molecule has 3 heterocycles. The zero-order valence-electron chi connectivity index (χ0n) is 17.4. The van der Waals surface area contributed by atoms with E-state index >= 15 is 0 Å². The second kappa shape index (κ2) is 12.0. The lowest BCUT2D eigenvalue weighted by atomic mass is 10.1. The maximum Gasteiger partial charge on any atom is 0.194 e. The van der Waals surface area contributed by atoms with Gasteiger partial charge >= 0.3 is 0 Å². The molecule has 3 rings (SSSR count). The fraction of sp³-hybridized carbons (Fsp3) is 0.800. The molecule has 1 unspecified atom stereocenters. The number of aromatic nitrogens is 1. The Labute approximate surface area is 185 Å². The standard InChI is InChI=1S/C20H34N4O3.HI/c1-15(2)19-12-18(27-23-19)13-22-20(21-3)24-9-7-16(8-10-24)26-14-17-6-4-5-11-25-17;/h12,15-17H,4-11,13-14H2,1-3H3,(H,21,22);1H. The third-order valence-electron chi connectivity index (χ3n) is 5.33. The summed E-state index contributed by atoms with van der Waals surface area (Å²) >= 11 is 0. The maximum atomic E-state index is 6.10. The normalized spacial score (nSPS) is 21.6. The molecule has 28 heavy (non-hydrogen) atoms. The van der Waals surface area contributed by atoms with Gasteiger partial charge in [0.1, 0.15) is 0 Å². The highest BCUT2D eigenvalue weighted by Crippen LogP contribution is 2.18. The lowest BCUT2D eigenvalue weighted by Gasteiger charge is -2.34. The van der Waals surface area contributed by atoms with Crippen LogP contribution >= 0.6 is 24.0 Å². The van der Waals surface area contributed by atoms with Gasteiger partial charge in [0.05, 0.1) is 31.1 Å². The van der Waals surface area contributed by atoms with E-state index < -0.39 is 0 Å². The van der Waals surface area contributed by atoms with E-state index in [1.165, 1.54) is 12.8 Å². The third kappa shape index (κ3) is 6.88. The van der Waals surface area contributed by atoms with E-state index in [9.17, 15) is 0 Å². The molecule has 0 aliphatic carbocycles. The van der Waals surface area contributed by atoms with E-state index in [1.54, 1.807) is 0 Å². The van der Waals surface area contributed by atoms with Gasteiger partial charge in [-0.1, -0.05) is 19.0 Å². The number of nitrogens with zero attached hydrogens (tertiary/aromatic N) is 3. The van der Waals surface area contributed by atoms with Crippen molar-refractivity contribution in [2.75, 3.05) is 33.4 Å². The molecule has 0 amide bonds. The van der Waals surface area contributed by atoms with Crippen molar-refractivity contribution in [3.05, 3.63) is 17.5 Å². The number of nitrogens with one attached hydrogen (secondary N) is 1. The summed E-state index contributed by atoms with van der Waals surface area (Å²) in [5.41, 5.74) is 0.988. The molecule has 1 aromatic heterocycles. The quantitative estimate of drug-likeness (QED) is 0.362. The average Bonchev–Trinajstić information content (AvgIpc) is 3.18. The van der Waals surface area contributed by atoms with Crippen molar-refractivity contribution in [2.24, 2.45) is 4.99 Å². The van der Waals surface area contributed by atoms with Crippen molar-refractivity contribution in [1.82, 2.24) is 15.4 Å². The van der Waals surface area contributed by atoms with Gasteiger partial charge in [0.2, 0.25) is 0 Å². The average molecular weight is 506 g/mol. The van der Waals surface area contributed by atoms with Gasteiger partial charge < -0.3 is 24.2 Å². The molecule has 1 atom stereocenters. The predicted octanol–water partition coefficient (Wildman–Crippen LogP) is 3.54. The van der Waals surface area contributed by atoms with Crippen molar-refractivity contribution in [1.29, 1.82) is 0 Å². The molecule has 2 fully saturated rings. The summed E-state index contributed by atoms with van der Waals surface area (Å²) in [5.74, 6) is 2.12. The van der Waals surface area contributed by atoms with Gasteiger partial charge in [-0.3, -0.25) is 4.99 Å². The van der Waals surface area contributed by atoms with Crippen molar-refractivity contribution < 1.29 is 14.0 Å². The summed E-state index contributed by atoms with van der Waals surface area (Å²) in [4.78, 5) is 6.71. The second-order valence-corrected chi connectivity index (χ2v) is 7.78. The van der Waals surface area contributed by atoms with Crippen LogP contribution in [0.1, 0.15) is 63.3 Å². The molecule has 1 N–H and O–H groups in total. The minimum atomic E-state index is 0. The van der Waals surface area contributed by atoms with Crippen LogP contribution in [0.4, 0.5) is 0 Å². The Balaban J connectivity index is 0.00000280. The monoisotopic (exact) mass is 506 g/mol. The number of hydrogen-bond donors (Lipinski definition) is 1. The summed E-state index contributed by atoms with van der Waals surface area (Å²) in [6, 6.07) is 2.01. The number of rotatable bonds is 6. The Morgan fingerprint density at radius 1 is 1.32 bits per heavy atom. The summed E-state index contributed by atoms with van der Waals surface area (Å²) in [5, 5.41) is 7.49. The molecular weight excluding hydrogens is 471 g/mol. The van der Waals surface area contributed by atoms with Crippen molar-refractivity contribution in [2.45, 2.75) is 70.6 Å². The van der Waals surface area contributed by atoms with Gasteiger partial charge in [-0.25, -0.2) is 0 Å². The zero-order chi connectivity index (χ0) is 19.1. The number of piperidine rings is 1. The van der Waals surface area contributed by atoms with Crippen LogP contribution in [0.5, 0.6) is 0 Å². The number of hydrogen-bond acceptors (Lipinski definition) is 5. The molecule has 0 aromatic carbocycles. The minimum absolute atomic E-state index is 0. The van der Waals surface area contributed by atoms with Gasteiger partial charge in [-0.2, -0.15) is 0 Å². The number of ether oxygens (including phenoxy) is 2. The first-order valence-corrected chi connectivity index (χ1v) is 10.3. The van der Waals surface area contributed by atoms with Crippen LogP contribution in [-0.2, 0) is 16.0 Å². The van der Waals surface area contributed by atoms with E-state index in [4.69, 9.17) is 14.0 Å². The molecule has 0 bridgehead atoms. The van der Waals surface area contributed by atoms with Crippen LogP contribution in [0.25, 0.3) is 0 Å². The van der Waals surface area contributed by atoms with E-state index in [0.717, 1.165) is 63.0 Å². The SMILES string of the molecule is CN=C(NCc1cc(C(C)C)no1)N1CCC(OCC2CCCCO2)CC1.I. The molecule has 7 nitrogen and oxygen atoms in total. The second-order valence-electron chi connectivity index (χ2n) is 7.78. The Hall–Kier alpha value is -0.870. The summed E-state index contributed by atoms with van der Waals surface area (Å²) in [6.07, 6.45) is 6.25. The van der Waals surface area contributed by atoms with Crippen LogP contribution < -0.4 is 5.32 Å². The topological polar surface area (TPSA) is 72.1 Å². The molecule has 2 saturated heterocycles. The van der Waals surface area contributed by atoms with Crippen LogP contribution in [0.2, 0.25) is 0 Å². The lowest BCUT2D eigenvalue weighted by molar-refractivity contribution is -0.0721. The summed E-state index contributed by atoms with van der Waals surface area (Å²) in [7, 11) is 1.82. The van der Waals surface area contributed by atoms with E-state index in [2.05, 4.69) is 34.2 Å². The Morgan fingerprint density at radius 3 is 2.71 bits per heavy atom. The van der Waals surface area contributed by atoms with Crippen molar-refractivity contribution >= 4 is 29.9 Å². The van der Waals surface area contributed by atoms with Gasteiger partial charge in [-0.05, 0) is 38.0 Å². The first kappa shape index (κ1) is 23.4. The van der Waals surface area contributed by atoms with E-state index in [-0.39, 0.29) is 24.0 Å². The Morgan fingerprint density at radius 2 is 2.11 bits per heavy atom. The third-order valence-corrected chi connectivity index (χ3v) is 5.33. The number of halogens is 1. The summed E-state index contributed by atoms with van der Waals surface area (Å²) < 4.78 is 17.3. The largest absolute Gasteiger partial charge is 0.376 e. The number of likely N-dealkylation sites (tertiary alicyclic amines) is 1. The van der Waals surface area contributed by atoms with Crippen molar-refractivity contribution in [3.63, 3.8) is 0 Å². The predicted molar refractivity (Wildman–Crippen MR) is 120 cm³/mol. The maximum absolute atomic E-state index is 6.10. The Kier molecular flexibility index (Phi) is 10.0. The highest BCUT2D eigenvalue weighted by Gasteiger charge is 2.24. The zero-order valence-corrected chi connectivity index (χ0v) is 19.7. The van der Waals surface area contributed by atoms with Crippen LogP contribution in [0, 0.1) is 0 Å². The highest BCUT2D eigenvalue weighted by atomic mass is 127. The van der Waals surface area contributed by atoms with E-state index in [0.29, 0.717) is 24.7 Å². The molecule has 0 radical (unpaired) electrons. The van der Waals surface area contributed by atoms with Crippen molar-refractivity contribution in [3.8, 4) is 0 Å². The van der Waals surface area contributed by atoms with Crippen LogP contribution in [-0.4, -0.2) is 61.6 Å². The smallest absolute Gasteiger partial charge is 0.194 e. The minimum Gasteiger partial charge on any atom is -0.376 e. The molecular formula is C20H35IN4O3. The molecule has 8 heteroatoms. The fourth-order valence-corrected chi connectivity index (χ4v) is 3.60. The van der Waals surface area contributed by atoms with E-state index in [1.807, 2.05) is 13.1 Å².